The van der Waals surface area contributed by atoms with E-state index >= 15 is 0 Å². The van der Waals surface area contributed by atoms with E-state index in [9.17, 15) is 25.3 Å². The minimum Gasteiger partial charge on any atom is -0.259 e. The molecule has 0 saturated heterocycles. The van der Waals surface area contributed by atoms with E-state index in [2.05, 4.69) is 0 Å². The summed E-state index contributed by atoms with van der Waals surface area (Å²) in [5.74, 6) is 5.05. The van der Waals surface area contributed by atoms with Crippen molar-refractivity contribution >= 4 is 64.8 Å². The molecule has 0 radical (unpaired) electrons. The maximum absolute atomic E-state index is 13.1. The fraction of sp³-hybridized carbons (Fsp3) is 0.250. The lowest BCUT2D eigenvalue weighted by atomic mass is 10.2. The fourth-order valence-corrected chi connectivity index (χ4v) is 14.3. The van der Waals surface area contributed by atoms with Gasteiger partial charge >= 0.3 is 0 Å². The molecule has 0 N–H and O–H groups in total. The lowest BCUT2D eigenvalue weighted by Gasteiger charge is -2.09. The summed E-state index contributed by atoms with van der Waals surface area (Å²) in [5.41, 5.74) is 11.6. The average molecular weight is 913 g/mol. The summed E-state index contributed by atoms with van der Waals surface area (Å²) in [6, 6.07) is 47.0. The van der Waals surface area contributed by atoms with Crippen LogP contribution < -0.4 is 0 Å². The molecule has 6 nitrogen and oxygen atoms in total. The maximum Gasteiger partial charge on any atom is 0.0489 e. The van der Waals surface area contributed by atoms with E-state index in [1.54, 1.807) is 0 Å². The summed E-state index contributed by atoms with van der Waals surface area (Å²) >= 11 is 0. The molecule has 0 atom stereocenters. The Balaban J connectivity index is 0.999. The first-order chi connectivity index (χ1) is 29.1. The number of rotatable bonds is 0. The van der Waals surface area contributed by atoms with Gasteiger partial charge in [0.2, 0.25) is 0 Å². The van der Waals surface area contributed by atoms with Gasteiger partial charge < -0.3 is 0 Å². The molecule has 312 valence electrons. The van der Waals surface area contributed by atoms with Crippen LogP contribution in [0.25, 0.3) is 0 Å². The molecule has 6 aromatic rings. The zero-order chi connectivity index (χ0) is 41.8. The van der Waals surface area contributed by atoms with Gasteiger partial charge in [-0.25, -0.2) is 0 Å². The largest absolute Gasteiger partial charge is 0.259 e. The third-order valence-electron chi connectivity index (χ3n) is 10.1. The molecule has 0 spiro atoms. The predicted molar refractivity (Wildman–Crippen MR) is 252 cm³/mol. The molecule has 0 saturated carbocycles. The third-order valence-corrected chi connectivity index (χ3v) is 17.9. The van der Waals surface area contributed by atoms with Crippen molar-refractivity contribution < 1.29 is 25.3 Å². The second-order valence-corrected chi connectivity index (χ2v) is 24.0. The Kier molecular flexibility index (Phi) is 16.1. The first-order valence-corrected chi connectivity index (χ1v) is 28.6. The molecular weight excluding hydrogens is 865 g/mol. The van der Waals surface area contributed by atoms with Crippen LogP contribution in [0.3, 0.4) is 0 Å². The quantitative estimate of drug-likeness (QED) is 0.151. The van der Waals surface area contributed by atoms with Gasteiger partial charge in [-0.05, 0) is 66.8 Å². The maximum atomic E-state index is 13.1. The summed E-state index contributed by atoms with van der Waals surface area (Å²) < 4.78 is 78.4. The van der Waals surface area contributed by atoms with Crippen LogP contribution in [0.5, 0.6) is 0 Å². The Morgan fingerprint density at radius 3 is 0.300 bits per heavy atom. The highest BCUT2D eigenvalue weighted by Gasteiger charge is 2.12. The summed E-state index contributed by atoms with van der Waals surface area (Å²) in [5, 5.41) is 0. The Bertz CT molecular complexity index is 1880. The van der Waals surface area contributed by atoms with Crippen LogP contribution in [0, 0.1) is 0 Å². The molecule has 12 bridgehead atoms. The highest BCUT2D eigenvalue weighted by molar-refractivity contribution is 7.84. The van der Waals surface area contributed by atoms with Crippen LogP contribution in [0.1, 0.15) is 66.8 Å². The standard InChI is InChI=1S/C48H48O6S6/c49-55-25-37-1-2-38(4-3-37)26-56(50)28-40-9-11-42(12-10-40)30-58(52)32-44-17-19-46(20-18-44)34-60(54)36-48-23-21-47(22-24-48)35-59(53)33-45-15-13-43(14-16-45)31-57(51)29-41-7-5-39(27-55)6-8-41/h1-24H,25-36H2. The minimum absolute atomic E-state index is 0.421. The first-order valence-electron chi connectivity index (χ1n) is 19.6. The van der Waals surface area contributed by atoms with Crippen molar-refractivity contribution in [2.75, 3.05) is 0 Å². The van der Waals surface area contributed by atoms with Crippen LogP contribution in [0.15, 0.2) is 146 Å². The molecular formula is C48H48O6S6. The van der Waals surface area contributed by atoms with Gasteiger partial charge in [-0.2, -0.15) is 0 Å². The fourth-order valence-electron chi connectivity index (χ4n) is 6.93. The summed E-state index contributed by atoms with van der Waals surface area (Å²) in [7, 11) is -6.67. The topological polar surface area (TPSA) is 102 Å². The molecule has 0 unspecified atom stereocenters. The average Bonchev–Trinajstić information content (AvgIpc) is 3.22. The highest BCUT2D eigenvalue weighted by Crippen LogP contribution is 2.19. The zero-order valence-corrected chi connectivity index (χ0v) is 38.1. The van der Waals surface area contributed by atoms with Gasteiger partial charge in [0.1, 0.15) is 0 Å². The number of hydrogen-bond acceptors (Lipinski definition) is 6. The Morgan fingerprint density at radius 1 is 0.167 bits per heavy atom. The molecule has 12 heteroatoms. The predicted octanol–water partition coefficient (Wildman–Crippen LogP) is 8.69. The van der Waals surface area contributed by atoms with Crippen molar-refractivity contribution in [3.8, 4) is 0 Å². The van der Waals surface area contributed by atoms with Crippen molar-refractivity contribution in [3.05, 3.63) is 212 Å². The summed E-state index contributed by atoms with van der Waals surface area (Å²) in [4.78, 5) is 0. The minimum atomic E-state index is -1.11. The molecule has 6 aromatic carbocycles. The lowest BCUT2D eigenvalue weighted by molar-refractivity contribution is 0.680. The van der Waals surface area contributed by atoms with Crippen LogP contribution in [0.2, 0.25) is 0 Å². The first kappa shape index (κ1) is 44.3. The third kappa shape index (κ3) is 14.1. The molecule has 10 aliphatic heterocycles. The Hall–Kier alpha value is -3.78. The Morgan fingerprint density at radius 2 is 0.233 bits per heavy atom. The summed E-state index contributed by atoms with van der Waals surface area (Å²) in [6.45, 7) is 0. The van der Waals surface area contributed by atoms with Gasteiger partial charge in [0.05, 0.1) is 0 Å². The number of benzene rings is 6. The van der Waals surface area contributed by atoms with Crippen LogP contribution in [-0.4, -0.2) is 25.3 Å². The zero-order valence-electron chi connectivity index (χ0n) is 33.2. The molecule has 60 heavy (non-hydrogen) atoms. The Labute approximate surface area is 368 Å². The van der Waals surface area contributed by atoms with Gasteiger partial charge in [0.25, 0.3) is 0 Å². The van der Waals surface area contributed by atoms with E-state index in [0.29, 0.717) is 69.0 Å². The lowest BCUT2D eigenvalue weighted by Crippen LogP contribution is -2.03. The number of hydrogen-bond donors (Lipinski definition) is 0. The van der Waals surface area contributed by atoms with Gasteiger partial charge in [-0.15, -0.1) is 0 Å². The van der Waals surface area contributed by atoms with Crippen molar-refractivity contribution in [1.29, 1.82) is 0 Å². The second kappa shape index (κ2) is 21.8. The molecule has 10 heterocycles. The van der Waals surface area contributed by atoms with Crippen LogP contribution >= 0.6 is 0 Å². The molecule has 10 aliphatic rings. The molecule has 0 aliphatic carbocycles. The van der Waals surface area contributed by atoms with Crippen molar-refractivity contribution in [1.82, 2.24) is 0 Å². The van der Waals surface area contributed by atoms with Crippen LogP contribution in [-0.2, 0) is 134 Å². The van der Waals surface area contributed by atoms with Crippen LogP contribution in [0.4, 0.5) is 0 Å². The van der Waals surface area contributed by atoms with Gasteiger partial charge in [-0.1, -0.05) is 146 Å². The van der Waals surface area contributed by atoms with Gasteiger partial charge in [0, 0.05) is 134 Å². The molecule has 0 amide bonds. The monoisotopic (exact) mass is 912 g/mol. The second-order valence-electron chi connectivity index (χ2n) is 15.3. The van der Waals surface area contributed by atoms with Gasteiger partial charge in [0.15, 0.2) is 0 Å². The van der Waals surface area contributed by atoms with Crippen molar-refractivity contribution in [2.45, 2.75) is 69.0 Å². The van der Waals surface area contributed by atoms with E-state index in [0.717, 1.165) is 66.8 Å². The van der Waals surface area contributed by atoms with Crippen molar-refractivity contribution in [2.24, 2.45) is 0 Å². The highest BCUT2D eigenvalue weighted by atomic mass is 32.2. The van der Waals surface area contributed by atoms with Crippen molar-refractivity contribution in [3.63, 3.8) is 0 Å². The molecule has 0 fully saturated rings. The van der Waals surface area contributed by atoms with E-state index in [1.807, 2.05) is 146 Å². The summed E-state index contributed by atoms with van der Waals surface area (Å²) in [6.07, 6.45) is 0. The normalized spacial score (nSPS) is 22.6. The van der Waals surface area contributed by atoms with E-state index in [1.165, 1.54) is 0 Å². The van der Waals surface area contributed by atoms with Gasteiger partial charge in [-0.3, -0.25) is 25.3 Å². The van der Waals surface area contributed by atoms with E-state index in [4.69, 9.17) is 0 Å². The van der Waals surface area contributed by atoms with E-state index < -0.39 is 64.8 Å². The molecule has 0 aromatic heterocycles. The van der Waals surface area contributed by atoms with E-state index in [-0.39, 0.29) is 0 Å². The SMILES string of the molecule is O=S1Cc2ccc(cc2)CS(=O)Cc2ccc(cc2)CS(=O)Cc2ccc(cc2)CS(=O)Cc2ccc(cc2)CS(=O)Cc2ccc(cc2)CS(=O)Cc2ccc(cc2)C1. The smallest absolute Gasteiger partial charge is 0.0489 e. The molecule has 16 rings (SSSR count).